The molecule has 4 aliphatic rings. The topological polar surface area (TPSA) is 47.5 Å². The molecule has 0 N–H and O–H groups in total. The summed E-state index contributed by atoms with van der Waals surface area (Å²) >= 11 is 0. The van der Waals surface area contributed by atoms with Crippen LogP contribution in [0.25, 0.3) is 17.2 Å². The molecule has 2 aromatic carbocycles. The smallest absolute Gasteiger partial charge is 0.395 e. The van der Waals surface area contributed by atoms with Gasteiger partial charge in [0, 0.05) is 18.7 Å². The molecule has 0 saturated carbocycles. The van der Waals surface area contributed by atoms with E-state index in [0.717, 1.165) is 92.7 Å². The third kappa shape index (κ3) is 6.31. The summed E-state index contributed by atoms with van der Waals surface area (Å²) in [7, 11) is 0. The lowest BCUT2D eigenvalue weighted by Crippen LogP contribution is -2.36. The molecule has 0 bridgehead atoms. The van der Waals surface area contributed by atoms with Crippen LogP contribution in [-0.4, -0.2) is 29.4 Å². The van der Waals surface area contributed by atoms with Crippen molar-refractivity contribution in [2.45, 2.75) is 78.4 Å². The van der Waals surface area contributed by atoms with Crippen LogP contribution in [-0.2, 0) is 6.42 Å². The summed E-state index contributed by atoms with van der Waals surface area (Å²) in [6.07, 6.45) is 10.6. The van der Waals surface area contributed by atoms with Crippen LogP contribution in [0.1, 0.15) is 88.1 Å². The van der Waals surface area contributed by atoms with Crippen LogP contribution in [0, 0.1) is 23.6 Å². The van der Waals surface area contributed by atoms with Crippen molar-refractivity contribution in [2.75, 3.05) is 18.0 Å². The van der Waals surface area contributed by atoms with Crippen LogP contribution in [0.5, 0.6) is 11.5 Å². The fraction of sp³-hybridized carbons (Fsp3) is 0.436. The fourth-order valence-corrected chi connectivity index (χ4v) is 8.03. The first-order valence-electron chi connectivity index (χ1n) is 17.1. The number of fused-ring (bicyclic) bond motifs is 2. The number of halogens is 3. The molecular formula is C39H42F3N3O2. The van der Waals surface area contributed by atoms with Crippen LogP contribution in [0.2, 0.25) is 0 Å². The van der Waals surface area contributed by atoms with Crippen LogP contribution in [0.4, 0.5) is 19.0 Å². The zero-order valence-corrected chi connectivity index (χ0v) is 27.4. The van der Waals surface area contributed by atoms with Crippen LogP contribution in [0.3, 0.4) is 0 Å². The molecule has 3 heterocycles. The van der Waals surface area contributed by atoms with Crippen LogP contribution in [0.15, 0.2) is 66.0 Å². The molecule has 0 amide bonds. The number of ether oxygens (including phenoxy) is 2. The normalized spacial score (nSPS) is 22.7. The van der Waals surface area contributed by atoms with Crippen molar-refractivity contribution in [3.8, 4) is 11.5 Å². The maximum atomic E-state index is 13.8. The van der Waals surface area contributed by atoms with E-state index in [-0.39, 0.29) is 23.2 Å². The molecule has 0 spiro atoms. The minimum Gasteiger partial charge on any atom is -0.395 e. The van der Waals surface area contributed by atoms with Gasteiger partial charge in [0.05, 0.1) is 5.69 Å². The van der Waals surface area contributed by atoms with Gasteiger partial charge in [-0.1, -0.05) is 49.3 Å². The average molecular weight is 642 g/mol. The van der Waals surface area contributed by atoms with Gasteiger partial charge in [0.15, 0.2) is 11.5 Å². The lowest BCUT2D eigenvalue weighted by molar-refractivity contribution is -0.286. The van der Waals surface area contributed by atoms with Crippen molar-refractivity contribution in [1.29, 1.82) is 0 Å². The van der Waals surface area contributed by atoms with Gasteiger partial charge < -0.3 is 14.4 Å². The highest BCUT2D eigenvalue weighted by atomic mass is 19.3. The highest BCUT2D eigenvalue weighted by Crippen LogP contribution is 2.47. The Hall–Kier alpha value is -4.07. The summed E-state index contributed by atoms with van der Waals surface area (Å²) in [6, 6.07) is 12.0. The van der Waals surface area contributed by atoms with Gasteiger partial charge in [-0.05, 0) is 129 Å². The Kier molecular flexibility index (Phi) is 8.62. The Bertz CT molecular complexity index is 1740. The van der Waals surface area contributed by atoms with E-state index in [1.165, 1.54) is 28.9 Å². The van der Waals surface area contributed by atoms with Gasteiger partial charge in [-0.3, -0.25) is 0 Å². The number of anilines is 1. The second kappa shape index (κ2) is 12.9. The van der Waals surface area contributed by atoms with Crippen LogP contribution < -0.4 is 14.4 Å². The lowest BCUT2D eigenvalue weighted by Gasteiger charge is -2.37. The second-order valence-electron chi connectivity index (χ2n) is 13.3. The largest absolute Gasteiger partial charge is 0.586 e. The number of allylic oxidation sites excluding steroid dienone is 5. The van der Waals surface area contributed by atoms with E-state index >= 15 is 0 Å². The van der Waals surface area contributed by atoms with Crippen molar-refractivity contribution < 1.29 is 22.6 Å². The number of rotatable bonds is 6. The Balaban J connectivity index is 1.11. The first kappa shape index (κ1) is 31.5. The van der Waals surface area contributed by atoms with Crippen molar-refractivity contribution >= 4 is 23.0 Å². The molecular weight excluding hydrogens is 599 g/mol. The highest BCUT2D eigenvalue weighted by molar-refractivity contribution is 5.86. The van der Waals surface area contributed by atoms with E-state index in [9.17, 15) is 13.2 Å². The molecule has 47 heavy (non-hydrogen) atoms. The highest BCUT2D eigenvalue weighted by Gasteiger charge is 2.43. The summed E-state index contributed by atoms with van der Waals surface area (Å²) in [5.74, 6) is 2.08. The van der Waals surface area contributed by atoms with Gasteiger partial charge >= 0.3 is 6.29 Å². The molecule has 246 valence electrons. The molecule has 2 aliphatic carbocycles. The maximum Gasteiger partial charge on any atom is 0.586 e. The predicted octanol–water partition coefficient (Wildman–Crippen LogP) is 9.89. The molecule has 1 fully saturated rings. The second-order valence-corrected chi connectivity index (χ2v) is 13.3. The van der Waals surface area contributed by atoms with Gasteiger partial charge in [-0.15, -0.1) is 8.78 Å². The monoisotopic (exact) mass is 641 g/mol. The maximum absolute atomic E-state index is 13.8. The third-order valence-corrected chi connectivity index (χ3v) is 10.6. The van der Waals surface area contributed by atoms with Gasteiger partial charge in [-0.25, -0.2) is 14.4 Å². The van der Waals surface area contributed by atoms with Gasteiger partial charge in [0.25, 0.3) is 0 Å². The number of alkyl halides is 2. The van der Waals surface area contributed by atoms with E-state index in [1.54, 1.807) is 24.0 Å². The van der Waals surface area contributed by atoms with Gasteiger partial charge in [0.2, 0.25) is 0 Å². The number of hydrogen-bond acceptors (Lipinski definition) is 5. The molecule has 5 nitrogen and oxygen atoms in total. The molecule has 8 heteroatoms. The average Bonchev–Trinajstić information content (AvgIpc) is 3.18. The summed E-state index contributed by atoms with van der Waals surface area (Å²) in [6.45, 7) is 8.51. The molecule has 2 atom stereocenters. The fourth-order valence-electron chi connectivity index (χ4n) is 8.03. The Morgan fingerprint density at radius 2 is 1.66 bits per heavy atom. The van der Waals surface area contributed by atoms with Crippen molar-refractivity contribution in [2.24, 2.45) is 17.8 Å². The summed E-state index contributed by atoms with van der Waals surface area (Å²) in [5, 5.41) is 0. The Morgan fingerprint density at radius 3 is 2.40 bits per heavy atom. The Labute approximate surface area is 275 Å². The zero-order chi connectivity index (χ0) is 32.7. The number of hydrogen-bond donors (Lipinski definition) is 0. The van der Waals surface area contributed by atoms with Crippen LogP contribution >= 0.6 is 0 Å². The number of aromatic nitrogens is 2. The first-order chi connectivity index (χ1) is 22.7. The molecule has 3 aromatic rings. The summed E-state index contributed by atoms with van der Waals surface area (Å²) in [4.78, 5) is 11.9. The van der Waals surface area contributed by atoms with E-state index in [2.05, 4.69) is 47.5 Å². The van der Waals surface area contributed by atoms with E-state index in [0.29, 0.717) is 11.8 Å². The molecule has 2 unspecified atom stereocenters. The molecule has 1 saturated heterocycles. The van der Waals surface area contributed by atoms with Crippen molar-refractivity contribution in [3.05, 3.63) is 94.2 Å². The Morgan fingerprint density at radius 1 is 0.915 bits per heavy atom. The molecule has 2 aliphatic heterocycles. The molecule has 0 radical (unpaired) electrons. The molecule has 1 aromatic heterocycles. The lowest BCUT2D eigenvalue weighted by atomic mass is 9.78. The van der Waals surface area contributed by atoms with E-state index in [4.69, 9.17) is 9.72 Å². The number of piperidine rings is 1. The number of aryl methyl sites for hydroxylation is 1. The van der Waals surface area contributed by atoms with E-state index in [1.807, 2.05) is 18.2 Å². The summed E-state index contributed by atoms with van der Waals surface area (Å²) in [5.41, 5.74) is 9.43. The van der Waals surface area contributed by atoms with Crippen molar-refractivity contribution in [3.63, 3.8) is 0 Å². The van der Waals surface area contributed by atoms with Crippen molar-refractivity contribution in [1.82, 2.24) is 9.97 Å². The standard InChI is InChI=1S/C39H42F3N3O2/c1-4-25-19-33(26(5-2)20-32(24(25)3)30-11-14-36-37(22-30)47-39(41,42)46-36)28-15-17-45(18-16-28)38-34-21-29(27-9-12-31(40)13-10-27)7-6-8-35(34)43-23-44-38/h9-14,19,21-23,25-26,28H,4-8,15-18,20H2,1-3H3. The summed E-state index contributed by atoms with van der Waals surface area (Å²) < 4.78 is 50.7. The van der Waals surface area contributed by atoms with E-state index < -0.39 is 6.29 Å². The van der Waals surface area contributed by atoms with Gasteiger partial charge in [0.1, 0.15) is 18.0 Å². The van der Waals surface area contributed by atoms with Gasteiger partial charge in [-0.2, -0.15) is 0 Å². The number of nitrogens with zero attached hydrogens (tertiary/aromatic N) is 3. The number of benzene rings is 2. The minimum atomic E-state index is -3.62. The quantitative estimate of drug-likeness (QED) is 0.251. The first-order valence-corrected chi connectivity index (χ1v) is 17.1. The molecule has 7 rings (SSSR count). The minimum absolute atomic E-state index is 0.0815. The SMILES string of the molecule is CCC1C=C(C2CCN(c3ncnc4c3C=C(c3ccc(F)cc3)CCC4)CC2)C(CC)CC(c2ccc3c(c2)OC(F)(F)O3)=C1C. The third-order valence-electron chi connectivity index (χ3n) is 10.6. The zero-order valence-electron chi connectivity index (χ0n) is 27.4. The predicted molar refractivity (Wildman–Crippen MR) is 180 cm³/mol.